The van der Waals surface area contributed by atoms with Gasteiger partial charge in [-0.1, -0.05) is 26.7 Å². The fraction of sp³-hybridized carbons (Fsp3) is 0.647. The summed E-state index contributed by atoms with van der Waals surface area (Å²) < 4.78 is 13.8. The zero-order valence-corrected chi connectivity index (χ0v) is 14.1. The summed E-state index contributed by atoms with van der Waals surface area (Å²) in [7, 11) is 0. The van der Waals surface area contributed by atoms with E-state index < -0.39 is 0 Å². The molecule has 0 amide bonds. The highest BCUT2D eigenvalue weighted by atomic mass is 32.2. The van der Waals surface area contributed by atoms with Crippen molar-refractivity contribution < 1.29 is 4.39 Å². The zero-order valence-electron chi connectivity index (χ0n) is 13.3. The molecule has 1 aromatic carbocycles. The Morgan fingerprint density at radius 3 is 2.60 bits per heavy atom. The van der Waals surface area contributed by atoms with Gasteiger partial charge in [0.1, 0.15) is 5.82 Å². The Labute approximate surface area is 127 Å². The Morgan fingerprint density at radius 1 is 1.20 bits per heavy atom. The van der Waals surface area contributed by atoms with Crippen LogP contribution in [0.5, 0.6) is 0 Å². The van der Waals surface area contributed by atoms with Crippen LogP contribution in [0, 0.1) is 12.7 Å². The van der Waals surface area contributed by atoms with E-state index in [1.807, 2.05) is 24.8 Å². The van der Waals surface area contributed by atoms with Gasteiger partial charge in [-0.2, -0.15) is 0 Å². The topological polar surface area (TPSA) is 12.0 Å². The van der Waals surface area contributed by atoms with Crippen LogP contribution in [0.15, 0.2) is 17.0 Å². The van der Waals surface area contributed by atoms with Crippen LogP contribution in [0.25, 0.3) is 0 Å². The monoisotopic (exact) mass is 297 g/mol. The minimum Gasteiger partial charge on any atom is -0.310 e. The molecule has 0 aliphatic carbocycles. The standard InChI is InChI=1S/C17H28FNS/c1-5-7-8-10-20-17-11-13(3)16(18)12-15(17)14(4)19-9-6-2/h11-12,14,19H,5-10H2,1-4H3. The van der Waals surface area contributed by atoms with Gasteiger partial charge in [0.25, 0.3) is 0 Å². The molecular weight excluding hydrogens is 269 g/mol. The van der Waals surface area contributed by atoms with Gasteiger partial charge in [0.15, 0.2) is 0 Å². The third kappa shape index (κ3) is 5.45. The van der Waals surface area contributed by atoms with Gasteiger partial charge in [0.05, 0.1) is 0 Å². The van der Waals surface area contributed by atoms with Crippen LogP contribution < -0.4 is 5.32 Å². The molecule has 0 saturated carbocycles. The lowest BCUT2D eigenvalue weighted by molar-refractivity contribution is 0.552. The Hall–Kier alpha value is -0.540. The molecule has 114 valence electrons. The first-order chi connectivity index (χ1) is 9.60. The number of thioether (sulfide) groups is 1. The number of hydrogen-bond donors (Lipinski definition) is 1. The van der Waals surface area contributed by atoms with Crippen molar-refractivity contribution in [2.75, 3.05) is 12.3 Å². The maximum atomic E-state index is 13.8. The summed E-state index contributed by atoms with van der Waals surface area (Å²) >= 11 is 1.86. The average Bonchev–Trinajstić information content (AvgIpc) is 2.44. The third-order valence-electron chi connectivity index (χ3n) is 3.46. The summed E-state index contributed by atoms with van der Waals surface area (Å²) in [6.45, 7) is 9.30. The van der Waals surface area contributed by atoms with Crippen LogP contribution in [0.3, 0.4) is 0 Å². The number of rotatable bonds is 9. The van der Waals surface area contributed by atoms with Crippen molar-refractivity contribution in [3.8, 4) is 0 Å². The van der Waals surface area contributed by atoms with E-state index in [1.165, 1.54) is 24.2 Å². The van der Waals surface area contributed by atoms with Gasteiger partial charge in [-0.15, -0.1) is 11.8 Å². The summed E-state index contributed by atoms with van der Waals surface area (Å²) in [6.07, 6.45) is 4.84. The number of halogens is 1. The third-order valence-corrected chi connectivity index (χ3v) is 4.62. The molecule has 1 unspecified atom stereocenters. The van der Waals surface area contributed by atoms with Gasteiger partial charge in [-0.05, 0) is 62.2 Å². The van der Waals surface area contributed by atoms with E-state index in [2.05, 4.69) is 26.1 Å². The van der Waals surface area contributed by atoms with Gasteiger partial charge in [-0.25, -0.2) is 4.39 Å². The van der Waals surface area contributed by atoms with Crippen LogP contribution in [0.4, 0.5) is 4.39 Å². The molecule has 1 rings (SSSR count). The van der Waals surface area contributed by atoms with Gasteiger partial charge < -0.3 is 5.32 Å². The highest BCUT2D eigenvalue weighted by Gasteiger charge is 2.13. The first kappa shape index (κ1) is 17.5. The molecule has 1 nitrogen and oxygen atoms in total. The van der Waals surface area contributed by atoms with Crippen molar-refractivity contribution >= 4 is 11.8 Å². The highest BCUT2D eigenvalue weighted by molar-refractivity contribution is 7.99. The van der Waals surface area contributed by atoms with Crippen LogP contribution in [-0.2, 0) is 0 Å². The number of aryl methyl sites for hydroxylation is 1. The maximum Gasteiger partial charge on any atom is 0.126 e. The first-order valence-electron chi connectivity index (χ1n) is 7.76. The predicted octanol–water partition coefficient (Wildman–Crippen LogP) is 5.48. The van der Waals surface area contributed by atoms with E-state index >= 15 is 0 Å². The lowest BCUT2D eigenvalue weighted by Crippen LogP contribution is -2.20. The van der Waals surface area contributed by atoms with Crippen molar-refractivity contribution in [2.24, 2.45) is 0 Å². The van der Waals surface area contributed by atoms with Gasteiger partial charge in [-0.3, -0.25) is 0 Å². The van der Waals surface area contributed by atoms with Crippen molar-refractivity contribution in [3.63, 3.8) is 0 Å². The average molecular weight is 297 g/mol. The summed E-state index contributed by atoms with van der Waals surface area (Å²) in [5, 5.41) is 3.46. The highest BCUT2D eigenvalue weighted by Crippen LogP contribution is 2.30. The van der Waals surface area contributed by atoms with Crippen molar-refractivity contribution in [3.05, 3.63) is 29.1 Å². The smallest absolute Gasteiger partial charge is 0.126 e. The second kappa shape index (κ2) is 9.41. The molecule has 0 aliphatic rings. The van der Waals surface area contributed by atoms with E-state index in [4.69, 9.17) is 0 Å². The van der Waals surface area contributed by atoms with Crippen LogP contribution in [0.2, 0.25) is 0 Å². The summed E-state index contributed by atoms with van der Waals surface area (Å²) in [5.41, 5.74) is 1.84. The lowest BCUT2D eigenvalue weighted by Gasteiger charge is -2.18. The molecule has 1 atom stereocenters. The fourth-order valence-electron chi connectivity index (χ4n) is 2.14. The minimum atomic E-state index is -0.0944. The second-order valence-electron chi connectivity index (χ2n) is 5.37. The molecule has 0 saturated heterocycles. The van der Waals surface area contributed by atoms with Gasteiger partial charge >= 0.3 is 0 Å². The largest absolute Gasteiger partial charge is 0.310 e. The minimum absolute atomic E-state index is 0.0944. The molecule has 0 radical (unpaired) electrons. The van der Waals surface area contributed by atoms with E-state index in [0.29, 0.717) is 0 Å². The molecule has 0 aliphatic heterocycles. The number of hydrogen-bond acceptors (Lipinski definition) is 2. The molecule has 3 heteroatoms. The van der Waals surface area contributed by atoms with Crippen LogP contribution in [0.1, 0.15) is 63.6 Å². The quantitative estimate of drug-likeness (QED) is 0.478. The molecule has 1 aromatic rings. The summed E-state index contributed by atoms with van der Waals surface area (Å²) in [6, 6.07) is 3.93. The van der Waals surface area contributed by atoms with Crippen LogP contribution >= 0.6 is 11.8 Å². The van der Waals surface area contributed by atoms with Crippen molar-refractivity contribution in [2.45, 2.75) is 64.3 Å². The van der Waals surface area contributed by atoms with E-state index in [1.54, 1.807) is 6.07 Å². The van der Waals surface area contributed by atoms with E-state index in [0.717, 1.165) is 29.8 Å². The Kier molecular flexibility index (Phi) is 8.24. The first-order valence-corrected chi connectivity index (χ1v) is 8.74. The molecule has 0 aromatic heterocycles. The Bertz CT molecular complexity index is 406. The van der Waals surface area contributed by atoms with Gasteiger partial charge in [0.2, 0.25) is 0 Å². The van der Waals surface area contributed by atoms with Crippen molar-refractivity contribution in [1.82, 2.24) is 5.32 Å². The predicted molar refractivity (Wildman–Crippen MR) is 88.1 cm³/mol. The second-order valence-corrected chi connectivity index (χ2v) is 6.51. The van der Waals surface area contributed by atoms with Crippen LogP contribution in [-0.4, -0.2) is 12.3 Å². The van der Waals surface area contributed by atoms with Gasteiger partial charge in [0, 0.05) is 10.9 Å². The molecule has 20 heavy (non-hydrogen) atoms. The summed E-state index contributed by atoms with van der Waals surface area (Å²) in [4.78, 5) is 1.23. The number of unbranched alkanes of at least 4 members (excludes halogenated alkanes) is 2. The molecular formula is C17H28FNS. The molecule has 0 fully saturated rings. The lowest BCUT2D eigenvalue weighted by atomic mass is 10.1. The molecule has 0 spiro atoms. The normalized spacial score (nSPS) is 12.7. The van der Waals surface area contributed by atoms with E-state index in [9.17, 15) is 4.39 Å². The molecule has 0 bridgehead atoms. The SMILES string of the molecule is CCCCCSc1cc(C)c(F)cc1C(C)NCCC. The Morgan fingerprint density at radius 2 is 1.95 bits per heavy atom. The maximum absolute atomic E-state index is 13.8. The van der Waals surface area contributed by atoms with Crippen molar-refractivity contribution in [1.29, 1.82) is 0 Å². The molecule has 0 heterocycles. The zero-order chi connectivity index (χ0) is 15.0. The van der Waals surface area contributed by atoms with E-state index in [-0.39, 0.29) is 11.9 Å². The fourth-order valence-corrected chi connectivity index (χ4v) is 3.37. The summed E-state index contributed by atoms with van der Waals surface area (Å²) in [5.74, 6) is 1.02. The Balaban J connectivity index is 2.80. The number of nitrogens with one attached hydrogen (secondary N) is 1. The molecule has 1 N–H and O–H groups in total. The number of benzene rings is 1.